The monoisotopic (exact) mass is 332 g/mol. The number of hydrogen-bond donors (Lipinski definition) is 1. The molecule has 3 rings (SSSR count). The van der Waals surface area contributed by atoms with E-state index in [2.05, 4.69) is 20.9 Å². The number of hydrogen-bond acceptors (Lipinski definition) is 3. The first-order valence-corrected chi connectivity index (χ1v) is 9.18. The number of quaternary nitrogens is 1. The van der Waals surface area contributed by atoms with Gasteiger partial charge >= 0.3 is 5.97 Å². The second-order valence-corrected chi connectivity index (χ2v) is 7.88. The van der Waals surface area contributed by atoms with E-state index in [1.807, 2.05) is 30.3 Å². The fourth-order valence-electron chi connectivity index (χ4n) is 4.82. The molecule has 0 aliphatic carbocycles. The van der Waals surface area contributed by atoms with Crippen molar-refractivity contribution in [1.29, 1.82) is 0 Å². The van der Waals surface area contributed by atoms with Gasteiger partial charge < -0.3 is 14.3 Å². The second kappa shape index (κ2) is 6.85. The maximum Gasteiger partial charge on any atom is 0.316 e. The van der Waals surface area contributed by atoms with Crippen molar-refractivity contribution in [1.82, 2.24) is 0 Å². The molecular weight excluding hydrogens is 302 g/mol. The van der Waals surface area contributed by atoms with E-state index < -0.39 is 5.92 Å². The topological polar surface area (TPSA) is 46.5 Å². The van der Waals surface area contributed by atoms with Crippen molar-refractivity contribution in [2.45, 2.75) is 69.7 Å². The Labute approximate surface area is 145 Å². The summed E-state index contributed by atoms with van der Waals surface area (Å²) in [5, 5.41) is 9.65. The van der Waals surface area contributed by atoms with Crippen LogP contribution in [0.4, 0.5) is 0 Å². The smallest absolute Gasteiger partial charge is 0.316 e. The molecule has 0 saturated carbocycles. The van der Waals surface area contributed by atoms with Crippen molar-refractivity contribution in [3.05, 3.63) is 35.9 Å². The molecule has 4 nitrogen and oxygen atoms in total. The molecule has 5 atom stereocenters. The fourth-order valence-corrected chi connectivity index (χ4v) is 4.82. The normalized spacial score (nSPS) is 33.5. The summed E-state index contributed by atoms with van der Waals surface area (Å²) < 4.78 is 6.96. The maximum atomic E-state index is 12.6. The lowest BCUT2D eigenvalue weighted by Crippen LogP contribution is -2.62. The van der Waals surface area contributed by atoms with Crippen molar-refractivity contribution in [3.8, 4) is 0 Å². The van der Waals surface area contributed by atoms with Crippen LogP contribution < -0.4 is 0 Å². The Bertz CT molecular complexity index is 558. The molecule has 2 aliphatic rings. The van der Waals surface area contributed by atoms with Crippen molar-refractivity contribution in [3.63, 3.8) is 0 Å². The molecule has 1 aromatic carbocycles. The predicted molar refractivity (Wildman–Crippen MR) is 93.5 cm³/mol. The highest BCUT2D eigenvalue weighted by atomic mass is 16.5. The average Bonchev–Trinajstić information content (AvgIpc) is 2.74. The first-order valence-electron chi connectivity index (χ1n) is 9.18. The maximum absolute atomic E-state index is 12.6. The number of aliphatic hydroxyl groups excluding tert-OH is 1. The summed E-state index contributed by atoms with van der Waals surface area (Å²) in [5.74, 6) is -0.856. The Morgan fingerprint density at radius 1 is 1.21 bits per heavy atom. The Morgan fingerprint density at radius 3 is 2.29 bits per heavy atom. The van der Waals surface area contributed by atoms with Crippen LogP contribution in [0.2, 0.25) is 0 Å². The van der Waals surface area contributed by atoms with E-state index in [4.69, 9.17) is 4.74 Å². The number of nitrogens with zero attached hydrogens (tertiary/aromatic N) is 1. The van der Waals surface area contributed by atoms with E-state index in [1.54, 1.807) is 0 Å². The highest BCUT2D eigenvalue weighted by Crippen LogP contribution is 2.44. The number of esters is 1. The number of carbonyl (C=O) groups excluding carboxylic acids is 1. The summed E-state index contributed by atoms with van der Waals surface area (Å²) in [6.07, 6.45) is 4.36. The molecule has 0 aromatic heterocycles. The Morgan fingerprint density at radius 2 is 1.79 bits per heavy atom. The minimum atomic E-state index is -0.572. The van der Waals surface area contributed by atoms with Crippen LogP contribution >= 0.6 is 0 Å². The van der Waals surface area contributed by atoms with Gasteiger partial charge in [0.05, 0.1) is 31.8 Å². The molecule has 2 heterocycles. The van der Waals surface area contributed by atoms with Gasteiger partial charge in [-0.3, -0.25) is 4.79 Å². The van der Waals surface area contributed by atoms with Gasteiger partial charge in [0, 0.05) is 25.7 Å². The van der Waals surface area contributed by atoms with Gasteiger partial charge in [0.15, 0.2) is 0 Å². The fraction of sp³-hybridized carbons (Fsp3) is 0.650. The van der Waals surface area contributed by atoms with Crippen LogP contribution in [0, 0.1) is 0 Å². The zero-order valence-electron chi connectivity index (χ0n) is 15.0. The van der Waals surface area contributed by atoms with Gasteiger partial charge in [-0.1, -0.05) is 30.3 Å². The highest BCUT2D eigenvalue weighted by Gasteiger charge is 2.53. The van der Waals surface area contributed by atoms with E-state index in [-0.39, 0.29) is 18.7 Å². The molecule has 4 heteroatoms. The molecule has 0 radical (unpaired) electrons. The van der Waals surface area contributed by atoms with Crippen LogP contribution in [-0.2, 0) is 9.53 Å². The highest BCUT2D eigenvalue weighted by molar-refractivity contribution is 5.78. The quantitative estimate of drug-likeness (QED) is 0.666. The van der Waals surface area contributed by atoms with Crippen LogP contribution in [0.5, 0.6) is 0 Å². The first kappa shape index (κ1) is 17.4. The molecule has 4 unspecified atom stereocenters. The van der Waals surface area contributed by atoms with Crippen molar-refractivity contribution in [2.24, 2.45) is 0 Å². The summed E-state index contributed by atoms with van der Waals surface area (Å²) in [7, 11) is 2.37. The third-order valence-corrected chi connectivity index (χ3v) is 6.54. The minimum absolute atomic E-state index is 0.00212. The Kier molecular flexibility index (Phi) is 4.97. The summed E-state index contributed by atoms with van der Waals surface area (Å²) in [4.78, 5) is 12.6. The third kappa shape index (κ3) is 2.98. The van der Waals surface area contributed by atoms with Gasteiger partial charge in [-0.05, 0) is 19.4 Å². The van der Waals surface area contributed by atoms with E-state index >= 15 is 0 Å². The van der Waals surface area contributed by atoms with Gasteiger partial charge in [-0.25, -0.2) is 0 Å². The van der Waals surface area contributed by atoms with E-state index in [0.717, 1.165) is 22.9 Å². The molecule has 1 N–H and O–H groups in total. The third-order valence-electron chi connectivity index (χ3n) is 6.54. The molecule has 24 heavy (non-hydrogen) atoms. The number of piperidine rings is 1. The number of carbonyl (C=O) groups is 1. The molecule has 132 valence electrons. The Hall–Kier alpha value is -1.39. The van der Waals surface area contributed by atoms with Crippen molar-refractivity contribution >= 4 is 5.97 Å². The SMILES string of the molecule is CC(C)[N+]1(C)C2CC[C@@H]1CC(OC(=O)C(CO)c1ccccc1)C2. The number of ether oxygens (including phenoxy) is 1. The molecular formula is C20H30NO3+. The lowest BCUT2D eigenvalue weighted by molar-refractivity contribution is -0.968. The van der Waals surface area contributed by atoms with Crippen LogP contribution in [0.15, 0.2) is 30.3 Å². The minimum Gasteiger partial charge on any atom is -0.461 e. The summed E-state index contributed by atoms with van der Waals surface area (Å²) in [5.41, 5.74) is 0.826. The molecule has 2 fully saturated rings. The van der Waals surface area contributed by atoms with E-state index in [1.165, 1.54) is 12.8 Å². The van der Waals surface area contributed by atoms with E-state index in [9.17, 15) is 9.90 Å². The van der Waals surface area contributed by atoms with Gasteiger partial charge in [0.2, 0.25) is 0 Å². The lowest BCUT2D eigenvalue weighted by Gasteiger charge is -2.49. The zero-order chi connectivity index (χ0) is 17.3. The molecule has 2 saturated heterocycles. The largest absolute Gasteiger partial charge is 0.461 e. The molecule has 1 aromatic rings. The standard InChI is InChI=1S/C20H30NO3/c1-14(2)21(3)16-9-10-17(21)12-18(11-16)24-20(23)19(13-22)15-7-5-4-6-8-15/h4-8,14,16-19,22H,9-13H2,1-3H3/q+1/t16-,17?,18?,19?,21?/m1/s1. The Balaban J connectivity index is 1.66. The summed E-state index contributed by atoms with van der Waals surface area (Å²) >= 11 is 0. The average molecular weight is 332 g/mol. The summed E-state index contributed by atoms with van der Waals surface area (Å²) in [6, 6.07) is 11.2. The number of aliphatic hydroxyl groups is 1. The molecule has 2 aliphatic heterocycles. The summed E-state index contributed by atoms with van der Waals surface area (Å²) in [6.45, 7) is 4.39. The second-order valence-electron chi connectivity index (χ2n) is 7.88. The van der Waals surface area contributed by atoms with E-state index in [0.29, 0.717) is 18.1 Å². The number of benzene rings is 1. The first-order chi connectivity index (χ1) is 11.5. The van der Waals surface area contributed by atoms with Crippen LogP contribution in [-0.4, -0.2) is 53.4 Å². The van der Waals surface area contributed by atoms with Crippen LogP contribution in [0.1, 0.15) is 51.0 Å². The molecule has 2 bridgehead atoms. The van der Waals surface area contributed by atoms with Gasteiger partial charge in [0.25, 0.3) is 0 Å². The van der Waals surface area contributed by atoms with Crippen LogP contribution in [0.3, 0.4) is 0 Å². The van der Waals surface area contributed by atoms with Gasteiger partial charge in [0.1, 0.15) is 12.0 Å². The van der Waals surface area contributed by atoms with Gasteiger partial charge in [-0.15, -0.1) is 0 Å². The number of rotatable bonds is 5. The lowest BCUT2D eigenvalue weighted by atomic mass is 9.94. The van der Waals surface area contributed by atoms with Gasteiger partial charge in [-0.2, -0.15) is 0 Å². The molecule has 0 spiro atoms. The molecule has 0 amide bonds. The van der Waals surface area contributed by atoms with Crippen molar-refractivity contribution in [2.75, 3.05) is 13.7 Å². The zero-order valence-corrected chi connectivity index (χ0v) is 15.0. The van der Waals surface area contributed by atoms with Crippen LogP contribution in [0.25, 0.3) is 0 Å². The predicted octanol–water partition coefficient (Wildman–Crippen LogP) is 2.85. The van der Waals surface area contributed by atoms with Crippen molar-refractivity contribution < 1.29 is 19.1 Å². The number of fused-ring (bicyclic) bond motifs is 2.